The number of rotatable bonds is 7. The van der Waals surface area contributed by atoms with Crippen LogP contribution in [0.4, 0.5) is 11.6 Å². The molecule has 0 aromatic carbocycles. The van der Waals surface area contributed by atoms with E-state index in [1.54, 1.807) is 22.8 Å². The van der Waals surface area contributed by atoms with Gasteiger partial charge in [-0.05, 0) is 25.1 Å². The van der Waals surface area contributed by atoms with Crippen LogP contribution in [-0.2, 0) is 11.8 Å². The van der Waals surface area contributed by atoms with Crippen LogP contribution in [0.1, 0.15) is 18.5 Å². The van der Waals surface area contributed by atoms with Crippen molar-refractivity contribution in [1.29, 1.82) is 0 Å². The molecule has 10 heteroatoms. The number of pyridine rings is 1. The molecule has 1 saturated carbocycles. The highest BCUT2D eigenvalue weighted by molar-refractivity contribution is 5.97. The Morgan fingerprint density at radius 2 is 2.18 bits per heavy atom. The second kappa shape index (κ2) is 8.62. The number of hydrogen-bond acceptors (Lipinski definition) is 7. The topological polar surface area (TPSA) is 114 Å². The summed E-state index contributed by atoms with van der Waals surface area (Å²) in [4.78, 5) is 30.7. The summed E-state index contributed by atoms with van der Waals surface area (Å²) in [6.45, 7) is 5.48. The summed E-state index contributed by atoms with van der Waals surface area (Å²) in [6.07, 6.45) is 8.19. The fourth-order valence-electron chi connectivity index (χ4n) is 4.14. The molecule has 0 radical (unpaired) electrons. The first kappa shape index (κ1) is 21.6. The van der Waals surface area contributed by atoms with Crippen LogP contribution in [0.2, 0.25) is 0 Å². The second-order valence-electron chi connectivity index (χ2n) is 8.44. The standard InChI is InChI=1S/C24H26N8O2/c1-5-20(33)32(4)15-10-16(11-15)34-23-21-17(18-8-6-7-9-25-18)12-26-22(21)28-24(29-23)27-19-13-31(3)30-14(19)2/h5-9,12-13,15-16H,1,10-11H2,2-4H3,(H2,26,27,28,29). The molecular weight excluding hydrogens is 432 g/mol. The number of likely N-dealkylation sites (N-methyl/N-ethyl adjacent to an activating group) is 1. The van der Waals surface area contributed by atoms with Crippen molar-refractivity contribution in [2.45, 2.75) is 31.9 Å². The van der Waals surface area contributed by atoms with Gasteiger partial charge in [-0.25, -0.2) is 0 Å². The Kier molecular flexibility index (Phi) is 5.48. The molecule has 0 saturated heterocycles. The number of fused-ring (bicyclic) bond motifs is 1. The molecule has 0 unspecified atom stereocenters. The number of H-pyrrole nitrogens is 1. The highest BCUT2D eigenvalue weighted by Crippen LogP contribution is 2.37. The SMILES string of the molecule is C=CC(=O)N(C)C1CC(Oc2nc(Nc3cn(C)nc3C)nc3[nH]cc(-c4ccccn4)c23)C1. The van der Waals surface area contributed by atoms with E-state index in [2.05, 4.69) is 31.9 Å². The predicted octanol–water partition coefficient (Wildman–Crippen LogP) is 3.36. The van der Waals surface area contributed by atoms with Crippen molar-refractivity contribution in [3.05, 3.63) is 55.1 Å². The molecule has 1 fully saturated rings. The number of nitrogens with one attached hydrogen (secondary N) is 2. The number of aromatic amines is 1. The van der Waals surface area contributed by atoms with Crippen molar-refractivity contribution in [1.82, 2.24) is 34.6 Å². The molecule has 0 aliphatic heterocycles. The van der Waals surface area contributed by atoms with Gasteiger partial charge in [0.15, 0.2) is 0 Å². The molecule has 1 aliphatic carbocycles. The maximum absolute atomic E-state index is 11.9. The first-order chi connectivity index (χ1) is 16.4. The average molecular weight is 459 g/mol. The molecule has 174 valence electrons. The number of carbonyl (C=O) groups excluding carboxylic acids is 1. The van der Waals surface area contributed by atoms with E-state index in [1.165, 1.54) is 6.08 Å². The lowest BCUT2D eigenvalue weighted by atomic mass is 9.88. The summed E-state index contributed by atoms with van der Waals surface area (Å²) in [5, 5.41) is 8.38. The quantitative estimate of drug-likeness (QED) is 0.408. The predicted molar refractivity (Wildman–Crippen MR) is 129 cm³/mol. The molecule has 34 heavy (non-hydrogen) atoms. The first-order valence-electron chi connectivity index (χ1n) is 11.1. The number of carbonyl (C=O) groups is 1. The Labute approximate surface area is 196 Å². The highest BCUT2D eigenvalue weighted by Gasteiger charge is 2.36. The van der Waals surface area contributed by atoms with E-state index in [-0.39, 0.29) is 18.1 Å². The molecule has 5 rings (SSSR count). The number of aromatic nitrogens is 6. The lowest BCUT2D eigenvalue weighted by Crippen LogP contribution is -2.49. The van der Waals surface area contributed by atoms with Gasteiger partial charge in [0.25, 0.3) is 0 Å². The second-order valence-corrected chi connectivity index (χ2v) is 8.44. The van der Waals surface area contributed by atoms with Crippen molar-refractivity contribution >= 4 is 28.6 Å². The Bertz CT molecular complexity index is 1350. The average Bonchev–Trinajstić information content (AvgIpc) is 3.37. The van der Waals surface area contributed by atoms with Gasteiger partial charge in [-0.15, -0.1) is 0 Å². The summed E-state index contributed by atoms with van der Waals surface area (Å²) in [5.74, 6) is 0.786. The zero-order chi connectivity index (χ0) is 23.8. The van der Waals surface area contributed by atoms with Gasteiger partial charge in [0, 0.05) is 57.1 Å². The summed E-state index contributed by atoms with van der Waals surface area (Å²) < 4.78 is 8.10. The number of hydrogen-bond donors (Lipinski definition) is 2. The molecule has 10 nitrogen and oxygen atoms in total. The van der Waals surface area contributed by atoms with Crippen LogP contribution in [0.5, 0.6) is 5.88 Å². The van der Waals surface area contributed by atoms with E-state index in [1.807, 2.05) is 44.6 Å². The number of aryl methyl sites for hydroxylation is 2. The lowest BCUT2D eigenvalue weighted by molar-refractivity contribution is -0.130. The minimum Gasteiger partial charge on any atom is -0.474 e. The van der Waals surface area contributed by atoms with Crippen LogP contribution in [-0.4, -0.2) is 59.7 Å². The fraction of sp³-hybridized carbons (Fsp3) is 0.292. The Hall–Kier alpha value is -4.21. The summed E-state index contributed by atoms with van der Waals surface area (Å²) in [6, 6.07) is 5.87. The monoisotopic (exact) mass is 458 g/mol. The van der Waals surface area contributed by atoms with E-state index >= 15 is 0 Å². The van der Waals surface area contributed by atoms with Gasteiger partial charge >= 0.3 is 0 Å². The van der Waals surface area contributed by atoms with Gasteiger partial charge in [-0.3, -0.25) is 14.5 Å². The van der Waals surface area contributed by atoms with Crippen LogP contribution >= 0.6 is 0 Å². The van der Waals surface area contributed by atoms with Gasteiger partial charge in [-0.1, -0.05) is 12.6 Å². The van der Waals surface area contributed by atoms with Crippen molar-refractivity contribution in [3.8, 4) is 17.1 Å². The molecule has 1 aliphatic rings. The maximum Gasteiger partial charge on any atom is 0.245 e. The largest absolute Gasteiger partial charge is 0.474 e. The number of ether oxygens (including phenoxy) is 1. The van der Waals surface area contributed by atoms with Crippen LogP contribution in [0, 0.1) is 6.92 Å². The number of amides is 1. The molecule has 0 atom stereocenters. The molecule has 0 bridgehead atoms. The number of anilines is 2. The van der Waals surface area contributed by atoms with E-state index in [9.17, 15) is 4.79 Å². The molecule has 4 aromatic heterocycles. The van der Waals surface area contributed by atoms with Crippen molar-refractivity contribution in [3.63, 3.8) is 0 Å². The number of nitrogens with zero attached hydrogens (tertiary/aromatic N) is 6. The molecule has 4 heterocycles. The zero-order valence-corrected chi connectivity index (χ0v) is 19.3. The van der Waals surface area contributed by atoms with Crippen molar-refractivity contribution < 1.29 is 9.53 Å². The minimum atomic E-state index is -0.0886. The van der Waals surface area contributed by atoms with Crippen LogP contribution in [0.3, 0.4) is 0 Å². The van der Waals surface area contributed by atoms with Crippen LogP contribution in [0.15, 0.2) is 49.4 Å². The highest BCUT2D eigenvalue weighted by atomic mass is 16.5. The summed E-state index contributed by atoms with van der Waals surface area (Å²) >= 11 is 0. The molecule has 2 N–H and O–H groups in total. The van der Waals surface area contributed by atoms with Crippen LogP contribution < -0.4 is 10.1 Å². The summed E-state index contributed by atoms with van der Waals surface area (Å²) in [5.41, 5.74) is 3.96. The Balaban J connectivity index is 1.48. The van der Waals surface area contributed by atoms with Gasteiger partial charge in [0.1, 0.15) is 11.8 Å². The normalized spacial score (nSPS) is 17.3. The smallest absolute Gasteiger partial charge is 0.245 e. The molecule has 4 aromatic rings. The third-order valence-corrected chi connectivity index (χ3v) is 6.12. The van der Waals surface area contributed by atoms with Gasteiger partial charge < -0.3 is 19.9 Å². The van der Waals surface area contributed by atoms with Crippen molar-refractivity contribution in [2.24, 2.45) is 7.05 Å². The first-order valence-corrected chi connectivity index (χ1v) is 11.1. The minimum absolute atomic E-state index is 0.0670. The Morgan fingerprint density at radius 1 is 1.35 bits per heavy atom. The third kappa shape index (κ3) is 3.98. The zero-order valence-electron chi connectivity index (χ0n) is 19.3. The molecule has 0 spiro atoms. The third-order valence-electron chi connectivity index (χ3n) is 6.12. The van der Waals surface area contributed by atoms with E-state index in [0.717, 1.165) is 40.9 Å². The van der Waals surface area contributed by atoms with Crippen molar-refractivity contribution in [2.75, 3.05) is 12.4 Å². The van der Waals surface area contributed by atoms with Crippen LogP contribution in [0.25, 0.3) is 22.3 Å². The van der Waals surface area contributed by atoms with Gasteiger partial charge in [0.2, 0.25) is 17.7 Å². The van der Waals surface area contributed by atoms with E-state index in [0.29, 0.717) is 17.5 Å². The molecule has 1 amide bonds. The van der Waals surface area contributed by atoms with Gasteiger partial charge in [-0.2, -0.15) is 15.1 Å². The molecular formula is C24H26N8O2. The summed E-state index contributed by atoms with van der Waals surface area (Å²) in [7, 11) is 3.65. The van der Waals surface area contributed by atoms with Gasteiger partial charge in [0.05, 0.1) is 22.5 Å². The van der Waals surface area contributed by atoms with E-state index < -0.39 is 0 Å². The lowest BCUT2D eigenvalue weighted by Gasteiger charge is -2.40. The maximum atomic E-state index is 11.9. The fourth-order valence-corrected chi connectivity index (χ4v) is 4.14. The van der Waals surface area contributed by atoms with E-state index in [4.69, 9.17) is 9.72 Å². The Morgan fingerprint density at radius 3 is 2.85 bits per heavy atom.